The zero-order valence-electron chi connectivity index (χ0n) is 22.3. The number of amides is 3. The second kappa shape index (κ2) is 10.7. The van der Waals surface area contributed by atoms with Gasteiger partial charge in [0.05, 0.1) is 16.1 Å². The summed E-state index contributed by atoms with van der Waals surface area (Å²) < 4.78 is 0. The van der Waals surface area contributed by atoms with Crippen molar-refractivity contribution in [2.75, 3.05) is 6.54 Å². The van der Waals surface area contributed by atoms with Crippen molar-refractivity contribution in [3.63, 3.8) is 0 Å². The van der Waals surface area contributed by atoms with Gasteiger partial charge in [-0.05, 0) is 47.9 Å². The maximum absolute atomic E-state index is 13.9. The predicted octanol–water partition coefficient (Wildman–Crippen LogP) is 4.65. The van der Waals surface area contributed by atoms with E-state index in [0.717, 1.165) is 27.3 Å². The third-order valence-corrected chi connectivity index (χ3v) is 8.57. The molecule has 38 heavy (non-hydrogen) atoms. The first kappa shape index (κ1) is 26.1. The number of fused-ring (bicyclic) bond motifs is 1. The van der Waals surface area contributed by atoms with Crippen LogP contribution in [0.3, 0.4) is 0 Å². The summed E-state index contributed by atoms with van der Waals surface area (Å²) >= 11 is 1.61. The van der Waals surface area contributed by atoms with Gasteiger partial charge in [0.2, 0.25) is 11.8 Å². The molecule has 1 N–H and O–H groups in total. The highest BCUT2D eigenvalue weighted by Crippen LogP contribution is 2.31. The molecule has 3 atom stereocenters. The predicted molar refractivity (Wildman–Crippen MR) is 148 cm³/mol. The second-order valence-corrected chi connectivity index (χ2v) is 11.7. The van der Waals surface area contributed by atoms with Crippen LogP contribution in [0.15, 0.2) is 54.0 Å². The SMILES string of the molecule is Cc1ncsc1-c1ccc(CNC(=O)C2C[C@@H](C)CN2C(=O)C(C(C)C)N2Cc3ccccc3C2=O)cc1. The van der Waals surface area contributed by atoms with Crippen molar-refractivity contribution in [2.24, 2.45) is 11.8 Å². The van der Waals surface area contributed by atoms with E-state index in [4.69, 9.17) is 0 Å². The Balaban J connectivity index is 1.27. The molecule has 198 valence electrons. The third kappa shape index (κ3) is 4.97. The van der Waals surface area contributed by atoms with E-state index in [1.165, 1.54) is 0 Å². The first-order valence-electron chi connectivity index (χ1n) is 13.2. The first-order valence-corrected chi connectivity index (χ1v) is 14.1. The van der Waals surface area contributed by atoms with Crippen LogP contribution in [0.2, 0.25) is 0 Å². The third-order valence-electron chi connectivity index (χ3n) is 7.59. The van der Waals surface area contributed by atoms with E-state index in [1.807, 2.05) is 74.8 Å². The molecular weight excluding hydrogens is 496 g/mol. The van der Waals surface area contributed by atoms with Crippen molar-refractivity contribution < 1.29 is 14.4 Å². The molecular formula is C30H34N4O3S. The van der Waals surface area contributed by atoms with Gasteiger partial charge in [-0.1, -0.05) is 63.2 Å². The fourth-order valence-corrected chi connectivity index (χ4v) is 6.46. The largest absolute Gasteiger partial charge is 0.350 e. The van der Waals surface area contributed by atoms with E-state index in [1.54, 1.807) is 21.1 Å². The number of hydrogen-bond acceptors (Lipinski definition) is 5. The summed E-state index contributed by atoms with van der Waals surface area (Å²) in [6.45, 7) is 9.31. The smallest absolute Gasteiger partial charge is 0.255 e. The van der Waals surface area contributed by atoms with Gasteiger partial charge in [0.15, 0.2) is 0 Å². The Morgan fingerprint density at radius 2 is 1.87 bits per heavy atom. The molecule has 3 amide bonds. The van der Waals surface area contributed by atoms with Crippen LogP contribution in [0.1, 0.15) is 54.4 Å². The number of carbonyl (C=O) groups excluding carboxylic acids is 3. The fourth-order valence-electron chi connectivity index (χ4n) is 5.65. The summed E-state index contributed by atoms with van der Waals surface area (Å²) in [6.07, 6.45) is 0.611. The monoisotopic (exact) mass is 530 g/mol. The number of aromatic nitrogens is 1. The Bertz CT molecular complexity index is 1350. The number of aryl methyl sites for hydroxylation is 1. The van der Waals surface area contributed by atoms with Crippen LogP contribution in [0.4, 0.5) is 0 Å². The number of carbonyl (C=O) groups is 3. The van der Waals surface area contributed by atoms with E-state index in [-0.39, 0.29) is 29.6 Å². The van der Waals surface area contributed by atoms with Crippen LogP contribution in [-0.4, -0.2) is 51.1 Å². The molecule has 3 heterocycles. The van der Waals surface area contributed by atoms with Crippen LogP contribution in [0, 0.1) is 18.8 Å². The van der Waals surface area contributed by atoms with Crippen LogP contribution < -0.4 is 5.32 Å². The lowest BCUT2D eigenvalue weighted by atomic mass is 10.0. The summed E-state index contributed by atoms with van der Waals surface area (Å²) in [5.41, 5.74) is 6.56. The Kier molecular flexibility index (Phi) is 7.34. The topological polar surface area (TPSA) is 82.6 Å². The van der Waals surface area contributed by atoms with E-state index in [2.05, 4.69) is 17.2 Å². The highest BCUT2D eigenvalue weighted by Gasteiger charge is 2.45. The molecule has 1 fully saturated rings. The molecule has 2 unspecified atom stereocenters. The zero-order chi connectivity index (χ0) is 27.0. The van der Waals surface area contributed by atoms with E-state index < -0.39 is 12.1 Å². The van der Waals surface area contributed by atoms with Gasteiger partial charge in [-0.3, -0.25) is 14.4 Å². The molecule has 1 saturated heterocycles. The van der Waals surface area contributed by atoms with Crippen molar-refractivity contribution in [3.05, 3.63) is 76.4 Å². The fraction of sp³-hybridized carbons (Fsp3) is 0.400. The van der Waals surface area contributed by atoms with Gasteiger partial charge in [-0.2, -0.15) is 0 Å². The van der Waals surface area contributed by atoms with E-state index in [0.29, 0.717) is 31.6 Å². The van der Waals surface area contributed by atoms with Gasteiger partial charge < -0.3 is 15.1 Å². The molecule has 8 heteroatoms. The standard InChI is InChI=1S/C30H34N4O3S/c1-18(2)26(34-16-23-7-5-6-8-24(23)29(34)36)30(37)33-15-19(3)13-25(33)28(35)31-14-21-9-11-22(12-10-21)27-20(4)32-17-38-27/h5-12,17-19,25-26H,13-16H2,1-4H3,(H,31,35)/t19-,25?,26?/m1/s1. The van der Waals surface area contributed by atoms with Gasteiger partial charge in [0.25, 0.3) is 5.91 Å². The van der Waals surface area contributed by atoms with Gasteiger partial charge in [0, 0.05) is 25.2 Å². The van der Waals surface area contributed by atoms with Gasteiger partial charge in [-0.15, -0.1) is 11.3 Å². The van der Waals surface area contributed by atoms with Crippen molar-refractivity contribution in [2.45, 2.75) is 59.3 Å². The minimum absolute atomic E-state index is 0.0823. The highest BCUT2D eigenvalue weighted by atomic mass is 32.1. The normalized spacial score (nSPS) is 19.7. The molecule has 5 rings (SSSR count). The molecule has 0 spiro atoms. The Morgan fingerprint density at radius 3 is 2.53 bits per heavy atom. The molecule has 2 aliphatic rings. The minimum Gasteiger partial charge on any atom is -0.350 e. The number of benzene rings is 2. The number of rotatable bonds is 7. The Labute approximate surface area is 227 Å². The van der Waals surface area contributed by atoms with E-state index >= 15 is 0 Å². The van der Waals surface area contributed by atoms with Crippen LogP contribution in [0.25, 0.3) is 10.4 Å². The molecule has 0 radical (unpaired) electrons. The molecule has 1 aromatic heterocycles. The van der Waals surface area contributed by atoms with E-state index in [9.17, 15) is 14.4 Å². The van der Waals surface area contributed by atoms with Gasteiger partial charge in [-0.25, -0.2) is 4.98 Å². The van der Waals surface area contributed by atoms with Crippen molar-refractivity contribution >= 4 is 29.1 Å². The van der Waals surface area contributed by atoms with Crippen LogP contribution >= 0.6 is 11.3 Å². The number of nitrogens with zero attached hydrogens (tertiary/aromatic N) is 3. The van der Waals surface area contributed by atoms with Crippen LogP contribution in [-0.2, 0) is 22.7 Å². The number of thiazole rings is 1. The lowest BCUT2D eigenvalue weighted by molar-refractivity contribution is -0.143. The van der Waals surface area contributed by atoms with Crippen molar-refractivity contribution in [1.29, 1.82) is 0 Å². The summed E-state index contributed by atoms with van der Waals surface area (Å²) in [4.78, 5) is 49.3. The Hall–Kier alpha value is -3.52. The lowest BCUT2D eigenvalue weighted by Crippen LogP contribution is -2.55. The minimum atomic E-state index is -0.613. The van der Waals surface area contributed by atoms with Gasteiger partial charge >= 0.3 is 0 Å². The zero-order valence-corrected chi connectivity index (χ0v) is 23.1. The summed E-state index contributed by atoms with van der Waals surface area (Å²) in [5, 5.41) is 3.05. The molecule has 2 aromatic carbocycles. The number of nitrogens with one attached hydrogen (secondary N) is 1. The van der Waals surface area contributed by atoms with Crippen molar-refractivity contribution in [3.8, 4) is 10.4 Å². The van der Waals surface area contributed by atoms with Crippen molar-refractivity contribution in [1.82, 2.24) is 20.1 Å². The molecule has 0 bridgehead atoms. The second-order valence-electron chi connectivity index (χ2n) is 10.8. The summed E-state index contributed by atoms with van der Waals surface area (Å²) in [7, 11) is 0. The molecule has 7 nitrogen and oxygen atoms in total. The number of likely N-dealkylation sites (tertiary alicyclic amines) is 1. The molecule has 0 aliphatic carbocycles. The molecule has 2 aliphatic heterocycles. The first-order chi connectivity index (χ1) is 18.2. The lowest BCUT2D eigenvalue weighted by Gasteiger charge is -2.35. The summed E-state index contributed by atoms with van der Waals surface area (Å²) in [5.74, 6) is -0.284. The number of hydrogen-bond donors (Lipinski definition) is 1. The maximum Gasteiger partial charge on any atom is 0.255 e. The maximum atomic E-state index is 13.9. The quantitative estimate of drug-likeness (QED) is 0.482. The Morgan fingerprint density at radius 1 is 1.13 bits per heavy atom. The summed E-state index contributed by atoms with van der Waals surface area (Å²) in [6, 6.07) is 14.5. The van der Waals surface area contributed by atoms with Crippen LogP contribution in [0.5, 0.6) is 0 Å². The average Bonchev–Trinajstić information content (AvgIpc) is 3.60. The highest BCUT2D eigenvalue weighted by molar-refractivity contribution is 7.13. The molecule has 3 aromatic rings. The van der Waals surface area contributed by atoms with Gasteiger partial charge in [0.1, 0.15) is 12.1 Å². The molecule has 0 saturated carbocycles. The average molecular weight is 531 g/mol.